The third-order valence-electron chi connectivity index (χ3n) is 4.06. The average Bonchev–Trinajstić information content (AvgIpc) is 2.61. The summed E-state index contributed by atoms with van der Waals surface area (Å²) in [5.41, 5.74) is 5.45. The number of ketones is 1. The van der Waals surface area contributed by atoms with E-state index in [1.165, 1.54) is 12.3 Å². The summed E-state index contributed by atoms with van der Waals surface area (Å²) in [4.78, 5) is 17.0. The van der Waals surface area contributed by atoms with E-state index in [2.05, 4.69) is 4.98 Å². The summed E-state index contributed by atoms with van der Waals surface area (Å²) >= 11 is 0. The van der Waals surface area contributed by atoms with Crippen molar-refractivity contribution < 1.29 is 18.3 Å². The van der Waals surface area contributed by atoms with Crippen molar-refractivity contribution in [2.45, 2.75) is 13.3 Å². The molecule has 1 heterocycles. The first kappa shape index (κ1) is 17.9. The van der Waals surface area contributed by atoms with Gasteiger partial charge in [-0.1, -0.05) is 12.1 Å². The first-order chi connectivity index (χ1) is 12.6. The smallest absolute Gasteiger partial charge is 0.221 e. The normalized spacial score (nSPS) is 10.9. The van der Waals surface area contributed by atoms with E-state index in [4.69, 9.17) is 10.5 Å². The molecule has 6 heteroatoms. The number of benzene rings is 2. The van der Waals surface area contributed by atoms with Crippen LogP contribution in [0.2, 0.25) is 0 Å². The molecule has 0 radical (unpaired) electrons. The van der Waals surface area contributed by atoms with Crippen LogP contribution in [0.5, 0.6) is 5.88 Å². The molecule has 3 rings (SSSR count). The van der Waals surface area contributed by atoms with Gasteiger partial charge in [-0.15, -0.1) is 0 Å². The van der Waals surface area contributed by atoms with E-state index in [0.29, 0.717) is 35.2 Å². The summed E-state index contributed by atoms with van der Waals surface area (Å²) in [6, 6.07) is 8.86. The number of carbonyl (C=O) groups excluding carboxylic acids is 1. The number of halogens is 2. The lowest BCUT2D eigenvalue weighted by Crippen LogP contribution is -2.11. The van der Waals surface area contributed by atoms with Crippen molar-refractivity contribution in [2.24, 2.45) is 5.73 Å². The Balaban J connectivity index is 2.13. The van der Waals surface area contributed by atoms with Crippen LogP contribution in [0.3, 0.4) is 0 Å². The zero-order valence-electron chi connectivity index (χ0n) is 14.3. The van der Waals surface area contributed by atoms with Gasteiger partial charge in [0.1, 0.15) is 11.6 Å². The molecule has 0 fully saturated rings. The molecule has 2 aromatic carbocycles. The second kappa shape index (κ2) is 7.58. The Morgan fingerprint density at radius 1 is 1.15 bits per heavy atom. The molecule has 0 saturated heterocycles. The van der Waals surface area contributed by atoms with Crippen molar-refractivity contribution in [2.75, 3.05) is 13.2 Å². The van der Waals surface area contributed by atoms with Crippen molar-refractivity contribution in [3.05, 3.63) is 70.9 Å². The lowest BCUT2D eigenvalue weighted by Gasteiger charge is -2.11. The minimum atomic E-state index is -0.894. The molecule has 1 aromatic heterocycles. The number of aromatic nitrogens is 1. The molecule has 0 bridgehead atoms. The quantitative estimate of drug-likeness (QED) is 0.685. The molecule has 2 N–H and O–H groups in total. The Morgan fingerprint density at radius 2 is 1.88 bits per heavy atom. The minimum Gasteiger partial charge on any atom is -0.478 e. The van der Waals surface area contributed by atoms with E-state index < -0.39 is 23.0 Å². The first-order valence-corrected chi connectivity index (χ1v) is 8.30. The second-order valence-corrected chi connectivity index (χ2v) is 5.75. The largest absolute Gasteiger partial charge is 0.478 e. The number of ether oxygens (including phenoxy) is 1. The highest BCUT2D eigenvalue weighted by Gasteiger charge is 2.22. The van der Waals surface area contributed by atoms with Gasteiger partial charge in [-0.3, -0.25) is 4.79 Å². The highest BCUT2D eigenvalue weighted by Crippen LogP contribution is 2.29. The molecule has 0 unspecified atom stereocenters. The molecule has 3 aromatic rings. The second-order valence-electron chi connectivity index (χ2n) is 5.75. The van der Waals surface area contributed by atoms with E-state index in [1.807, 2.05) is 6.92 Å². The number of nitrogens with two attached hydrogens (primary N) is 1. The lowest BCUT2D eigenvalue weighted by atomic mass is 9.96. The van der Waals surface area contributed by atoms with Crippen LogP contribution < -0.4 is 10.5 Å². The Morgan fingerprint density at radius 3 is 2.54 bits per heavy atom. The van der Waals surface area contributed by atoms with Crippen molar-refractivity contribution in [3.63, 3.8) is 0 Å². The monoisotopic (exact) mass is 356 g/mol. The van der Waals surface area contributed by atoms with Gasteiger partial charge in [-0.05, 0) is 55.1 Å². The number of hydrogen-bond acceptors (Lipinski definition) is 4. The molecule has 0 spiro atoms. The molecule has 0 aliphatic carbocycles. The molecule has 0 aliphatic heterocycles. The molecule has 26 heavy (non-hydrogen) atoms. The van der Waals surface area contributed by atoms with E-state index in [9.17, 15) is 13.6 Å². The van der Waals surface area contributed by atoms with Gasteiger partial charge in [0, 0.05) is 17.1 Å². The van der Waals surface area contributed by atoms with Crippen molar-refractivity contribution >= 4 is 16.6 Å². The van der Waals surface area contributed by atoms with Crippen LogP contribution in [0.1, 0.15) is 28.4 Å². The molecular formula is C20H18F2N2O2. The number of carbonyl (C=O) groups is 1. The van der Waals surface area contributed by atoms with E-state index in [0.717, 1.165) is 12.1 Å². The Labute approximate surface area is 149 Å². The Bertz CT molecular complexity index is 950. The van der Waals surface area contributed by atoms with Gasteiger partial charge in [0.15, 0.2) is 5.78 Å². The third kappa shape index (κ3) is 3.28. The Kier molecular flexibility index (Phi) is 5.23. The van der Waals surface area contributed by atoms with Crippen LogP contribution in [0.25, 0.3) is 10.8 Å². The van der Waals surface area contributed by atoms with Gasteiger partial charge in [-0.25, -0.2) is 13.8 Å². The molecule has 4 nitrogen and oxygen atoms in total. The van der Waals surface area contributed by atoms with Crippen LogP contribution in [0.15, 0.2) is 42.6 Å². The standard InChI is InChI=1S/C20H18F2N2O2/c1-2-26-20-15-5-3-4-14(13(15)7-9-24-20)19(25)18-16(21)10-12(6-8-23)11-17(18)22/h3-5,7,9-11H,2,6,8,23H2,1H3. The van der Waals surface area contributed by atoms with Crippen LogP contribution in [0, 0.1) is 11.6 Å². The van der Waals surface area contributed by atoms with Gasteiger partial charge in [-0.2, -0.15) is 0 Å². The van der Waals surface area contributed by atoms with Gasteiger partial charge in [0.05, 0.1) is 12.2 Å². The average molecular weight is 356 g/mol. The summed E-state index contributed by atoms with van der Waals surface area (Å²) in [7, 11) is 0. The van der Waals surface area contributed by atoms with Crippen molar-refractivity contribution in [1.82, 2.24) is 4.98 Å². The topological polar surface area (TPSA) is 65.2 Å². The summed E-state index contributed by atoms with van der Waals surface area (Å²) in [6.07, 6.45) is 1.83. The van der Waals surface area contributed by atoms with Crippen LogP contribution in [-0.4, -0.2) is 23.9 Å². The maximum atomic E-state index is 14.4. The third-order valence-corrected chi connectivity index (χ3v) is 4.06. The maximum absolute atomic E-state index is 14.4. The first-order valence-electron chi connectivity index (χ1n) is 8.30. The lowest BCUT2D eigenvalue weighted by molar-refractivity contribution is 0.103. The van der Waals surface area contributed by atoms with Gasteiger partial charge in [0.2, 0.25) is 5.88 Å². The fourth-order valence-electron chi connectivity index (χ4n) is 2.92. The van der Waals surface area contributed by atoms with Crippen LogP contribution >= 0.6 is 0 Å². The summed E-state index contributed by atoms with van der Waals surface area (Å²) < 4.78 is 34.3. The van der Waals surface area contributed by atoms with Gasteiger partial charge >= 0.3 is 0 Å². The number of pyridine rings is 1. The number of hydrogen-bond donors (Lipinski definition) is 1. The summed E-state index contributed by atoms with van der Waals surface area (Å²) in [5, 5.41) is 1.14. The van der Waals surface area contributed by atoms with Gasteiger partial charge < -0.3 is 10.5 Å². The number of nitrogens with zero attached hydrogens (tertiary/aromatic N) is 1. The summed E-state index contributed by atoms with van der Waals surface area (Å²) in [5.74, 6) is -2.14. The molecule has 0 aliphatic rings. The molecule has 134 valence electrons. The van der Waals surface area contributed by atoms with Gasteiger partial charge in [0.25, 0.3) is 0 Å². The fraction of sp³-hybridized carbons (Fsp3) is 0.200. The predicted octanol–water partition coefficient (Wildman–Crippen LogP) is 3.64. The number of rotatable bonds is 6. The molecule has 0 amide bonds. The SMILES string of the molecule is CCOc1nccc2c(C(=O)c3c(F)cc(CCN)cc3F)cccc12. The van der Waals surface area contributed by atoms with Crippen molar-refractivity contribution in [3.8, 4) is 5.88 Å². The predicted molar refractivity (Wildman–Crippen MR) is 95.5 cm³/mol. The van der Waals surface area contributed by atoms with E-state index >= 15 is 0 Å². The Hall–Kier alpha value is -2.86. The molecular weight excluding hydrogens is 338 g/mol. The summed E-state index contributed by atoms with van der Waals surface area (Å²) in [6.45, 7) is 2.50. The van der Waals surface area contributed by atoms with Crippen molar-refractivity contribution in [1.29, 1.82) is 0 Å². The zero-order valence-corrected chi connectivity index (χ0v) is 14.3. The zero-order chi connectivity index (χ0) is 18.7. The van der Waals surface area contributed by atoms with E-state index in [-0.39, 0.29) is 12.1 Å². The maximum Gasteiger partial charge on any atom is 0.221 e. The van der Waals surface area contributed by atoms with E-state index in [1.54, 1.807) is 18.2 Å². The highest BCUT2D eigenvalue weighted by atomic mass is 19.1. The number of fused-ring (bicyclic) bond motifs is 1. The van der Waals surface area contributed by atoms with Crippen LogP contribution in [-0.2, 0) is 6.42 Å². The molecule has 0 saturated carbocycles. The fourth-order valence-corrected chi connectivity index (χ4v) is 2.92. The van der Waals surface area contributed by atoms with Crippen LogP contribution in [0.4, 0.5) is 8.78 Å². The highest BCUT2D eigenvalue weighted by molar-refractivity contribution is 6.17. The minimum absolute atomic E-state index is 0.190. The molecule has 0 atom stereocenters.